The average Bonchev–Trinajstić information content (AvgIpc) is 2.77. The molecule has 3 nitrogen and oxygen atoms in total. The summed E-state index contributed by atoms with van der Waals surface area (Å²) in [7, 11) is -2.85. The van der Waals surface area contributed by atoms with E-state index in [-0.39, 0.29) is 11.5 Å². The molecular formula is C11H22ClNO2S. The zero-order chi connectivity index (χ0) is 12.0. The van der Waals surface area contributed by atoms with Gasteiger partial charge in [-0.15, -0.1) is 11.6 Å². The summed E-state index contributed by atoms with van der Waals surface area (Å²) in [6, 6.07) is 0.561. The number of alkyl halides is 1. The van der Waals surface area contributed by atoms with Crippen molar-refractivity contribution in [2.75, 3.05) is 30.5 Å². The molecule has 0 aromatic rings. The summed E-state index contributed by atoms with van der Waals surface area (Å²) >= 11 is 5.77. The van der Waals surface area contributed by atoms with E-state index < -0.39 is 9.84 Å². The standard InChI is InChI=1S/C11H22ClNO2S/c1-2-16(14,15)10-9-13(8-7-12)11-5-3-4-6-11/h11H,2-10H2,1H3. The molecule has 0 unspecified atom stereocenters. The third-order valence-corrected chi connectivity index (χ3v) is 5.20. The molecule has 1 fully saturated rings. The Morgan fingerprint density at radius 3 is 2.38 bits per heavy atom. The van der Waals surface area contributed by atoms with Crippen molar-refractivity contribution in [3.63, 3.8) is 0 Å². The summed E-state index contributed by atoms with van der Waals surface area (Å²) in [6.45, 7) is 3.16. The molecule has 0 bridgehead atoms. The molecule has 0 atom stereocenters. The molecule has 1 rings (SSSR count). The maximum Gasteiger partial charge on any atom is 0.151 e. The lowest BCUT2D eigenvalue weighted by Gasteiger charge is -2.27. The van der Waals surface area contributed by atoms with Gasteiger partial charge in [-0.25, -0.2) is 8.42 Å². The molecule has 5 heteroatoms. The van der Waals surface area contributed by atoms with Crippen LogP contribution in [0.25, 0.3) is 0 Å². The first-order valence-corrected chi connectivity index (χ1v) is 8.45. The van der Waals surface area contributed by atoms with E-state index in [2.05, 4.69) is 4.90 Å². The Morgan fingerprint density at radius 1 is 1.25 bits per heavy atom. The number of nitrogens with zero attached hydrogens (tertiary/aromatic N) is 1. The smallest absolute Gasteiger partial charge is 0.151 e. The maximum atomic E-state index is 11.5. The van der Waals surface area contributed by atoms with Gasteiger partial charge in [0.2, 0.25) is 0 Å². The van der Waals surface area contributed by atoms with Gasteiger partial charge in [0.05, 0.1) is 5.75 Å². The third kappa shape index (κ3) is 4.60. The minimum absolute atomic E-state index is 0.242. The van der Waals surface area contributed by atoms with Crippen LogP contribution in [0, 0.1) is 0 Å². The van der Waals surface area contributed by atoms with E-state index in [4.69, 9.17) is 11.6 Å². The summed E-state index contributed by atoms with van der Waals surface area (Å²) in [5, 5.41) is 0. The Labute approximate surface area is 104 Å². The molecule has 0 radical (unpaired) electrons. The van der Waals surface area contributed by atoms with E-state index in [9.17, 15) is 8.42 Å². The lowest BCUT2D eigenvalue weighted by Crippen LogP contribution is -2.38. The van der Waals surface area contributed by atoms with Crippen molar-refractivity contribution in [3.05, 3.63) is 0 Å². The quantitative estimate of drug-likeness (QED) is 0.662. The summed E-state index contributed by atoms with van der Waals surface area (Å²) in [5.41, 5.74) is 0. The third-order valence-electron chi connectivity index (χ3n) is 3.34. The Balaban J connectivity index is 2.44. The fraction of sp³-hybridized carbons (Fsp3) is 1.00. The van der Waals surface area contributed by atoms with Gasteiger partial charge in [0.15, 0.2) is 9.84 Å². The van der Waals surface area contributed by atoms with Gasteiger partial charge in [-0.2, -0.15) is 0 Å². The summed E-state index contributed by atoms with van der Waals surface area (Å²) in [5.74, 6) is 1.10. The highest BCUT2D eigenvalue weighted by molar-refractivity contribution is 7.91. The van der Waals surface area contributed by atoms with Gasteiger partial charge in [0, 0.05) is 30.8 Å². The van der Waals surface area contributed by atoms with Crippen LogP contribution in [0.15, 0.2) is 0 Å². The van der Waals surface area contributed by atoms with Crippen LogP contribution in [0.1, 0.15) is 32.6 Å². The summed E-state index contributed by atoms with van der Waals surface area (Å²) < 4.78 is 22.9. The number of hydrogen-bond acceptors (Lipinski definition) is 3. The van der Waals surface area contributed by atoms with Crippen LogP contribution in [-0.2, 0) is 9.84 Å². The molecule has 0 aromatic heterocycles. The molecule has 0 spiro atoms. The van der Waals surface area contributed by atoms with Crippen LogP contribution in [-0.4, -0.2) is 49.8 Å². The molecule has 0 aliphatic heterocycles. The van der Waals surface area contributed by atoms with Gasteiger partial charge in [-0.3, -0.25) is 4.90 Å². The zero-order valence-electron chi connectivity index (χ0n) is 9.99. The van der Waals surface area contributed by atoms with Crippen molar-refractivity contribution >= 4 is 21.4 Å². The topological polar surface area (TPSA) is 37.4 Å². The molecule has 0 heterocycles. The molecule has 1 aliphatic carbocycles. The van der Waals surface area contributed by atoms with Gasteiger partial charge < -0.3 is 0 Å². The molecule has 96 valence electrons. The van der Waals surface area contributed by atoms with Crippen LogP contribution >= 0.6 is 11.6 Å². The largest absolute Gasteiger partial charge is 0.298 e. The molecule has 16 heavy (non-hydrogen) atoms. The zero-order valence-corrected chi connectivity index (χ0v) is 11.6. The number of rotatable bonds is 7. The van der Waals surface area contributed by atoms with E-state index >= 15 is 0 Å². The van der Waals surface area contributed by atoms with E-state index in [1.807, 2.05) is 0 Å². The predicted octanol–water partition coefficient (Wildman–Crippen LogP) is 1.90. The van der Waals surface area contributed by atoms with Crippen LogP contribution < -0.4 is 0 Å². The fourth-order valence-corrected chi connectivity index (χ4v) is 3.27. The van der Waals surface area contributed by atoms with E-state index in [0.29, 0.717) is 18.5 Å². The van der Waals surface area contributed by atoms with Gasteiger partial charge in [0.1, 0.15) is 0 Å². The van der Waals surface area contributed by atoms with Gasteiger partial charge in [-0.1, -0.05) is 19.8 Å². The molecule has 0 saturated heterocycles. The first-order valence-electron chi connectivity index (χ1n) is 6.09. The highest BCUT2D eigenvalue weighted by Gasteiger charge is 2.23. The molecule has 1 aliphatic rings. The lowest BCUT2D eigenvalue weighted by molar-refractivity contribution is 0.222. The van der Waals surface area contributed by atoms with E-state index in [0.717, 1.165) is 6.54 Å². The predicted molar refractivity (Wildman–Crippen MR) is 68.9 cm³/mol. The van der Waals surface area contributed by atoms with Crippen molar-refractivity contribution in [3.8, 4) is 0 Å². The van der Waals surface area contributed by atoms with Gasteiger partial charge >= 0.3 is 0 Å². The van der Waals surface area contributed by atoms with Crippen molar-refractivity contribution in [2.24, 2.45) is 0 Å². The Bertz CT molecular complexity index is 286. The van der Waals surface area contributed by atoms with Crippen molar-refractivity contribution in [1.29, 1.82) is 0 Å². The number of hydrogen-bond donors (Lipinski definition) is 0. The second kappa shape index (κ2) is 6.82. The van der Waals surface area contributed by atoms with Crippen molar-refractivity contribution in [2.45, 2.75) is 38.6 Å². The Morgan fingerprint density at radius 2 is 1.88 bits per heavy atom. The molecule has 1 saturated carbocycles. The van der Waals surface area contributed by atoms with E-state index in [1.165, 1.54) is 25.7 Å². The Kier molecular flexibility index (Phi) is 6.08. The minimum Gasteiger partial charge on any atom is -0.298 e. The highest BCUT2D eigenvalue weighted by Crippen LogP contribution is 2.23. The fourth-order valence-electron chi connectivity index (χ4n) is 2.26. The highest BCUT2D eigenvalue weighted by atomic mass is 35.5. The molecule has 0 N–H and O–H groups in total. The molecule has 0 aromatic carbocycles. The lowest BCUT2D eigenvalue weighted by atomic mass is 10.2. The SMILES string of the molecule is CCS(=O)(=O)CCN(CCCl)C1CCCC1. The second-order valence-electron chi connectivity index (χ2n) is 4.40. The first-order chi connectivity index (χ1) is 7.59. The van der Waals surface area contributed by atoms with Crippen LogP contribution in [0.4, 0.5) is 0 Å². The van der Waals surface area contributed by atoms with E-state index in [1.54, 1.807) is 6.92 Å². The molecular weight excluding hydrogens is 246 g/mol. The van der Waals surface area contributed by atoms with Crippen LogP contribution in [0.5, 0.6) is 0 Å². The van der Waals surface area contributed by atoms with Gasteiger partial charge in [-0.05, 0) is 12.8 Å². The summed E-state index contributed by atoms with van der Waals surface area (Å²) in [4.78, 5) is 2.26. The number of sulfone groups is 1. The normalized spacial score (nSPS) is 18.4. The molecule has 0 amide bonds. The monoisotopic (exact) mass is 267 g/mol. The maximum absolute atomic E-state index is 11.5. The van der Waals surface area contributed by atoms with Crippen molar-refractivity contribution in [1.82, 2.24) is 4.90 Å². The average molecular weight is 268 g/mol. The van der Waals surface area contributed by atoms with Crippen LogP contribution in [0.2, 0.25) is 0 Å². The summed E-state index contributed by atoms with van der Waals surface area (Å²) in [6.07, 6.45) is 4.93. The Hall–Kier alpha value is 0.200. The first kappa shape index (κ1) is 14.3. The number of halogens is 1. The van der Waals surface area contributed by atoms with Gasteiger partial charge in [0.25, 0.3) is 0 Å². The van der Waals surface area contributed by atoms with Crippen LogP contribution in [0.3, 0.4) is 0 Å². The minimum atomic E-state index is -2.85. The second-order valence-corrected chi connectivity index (χ2v) is 7.25. The van der Waals surface area contributed by atoms with Crippen molar-refractivity contribution < 1.29 is 8.42 Å².